The third kappa shape index (κ3) is 3.76. The van der Waals surface area contributed by atoms with Gasteiger partial charge in [0.1, 0.15) is 27.2 Å². The Labute approximate surface area is 184 Å². The monoisotopic (exact) mass is 441 g/mol. The highest BCUT2D eigenvalue weighted by atomic mass is 32.2. The maximum atomic E-state index is 13.3. The summed E-state index contributed by atoms with van der Waals surface area (Å²) < 4.78 is 46.2. The van der Waals surface area contributed by atoms with Crippen LogP contribution in [0, 0.1) is 0 Å². The summed E-state index contributed by atoms with van der Waals surface area (Å²) in [6, 6.07) is 13.3. The fourth-order valence-corrected chi connectivity index (χ4v) is 4.30. The molecule has 0 fully saturated rings. The SMILES string of the molecule is BC(B)(c1ccccc1)S(=O)(=O)OC1=C(N)O[C@](B)(c2ccc(OC)cc2OC)C1=O. The molecule has 2 aromatic carbocycles. The molecule has 3 rings (SSSR count). The maximum Gasteiger partial charge on any atom is 0.304 e. The third-order valence-electron chi connectivity index (χ3n) is 5.39. The van der Waals surface area contributed by atoms with Crippen LogP contribution in [0.2, 0.25) is 0 Å². The van der Waals surface area contributed by atoms with Gasteiger partial charge in [0.25, 0.3) is 0 Å². The Morgan fingerprint density at radius 3 is 2.29 bits per heavy atom. The number of carbonyl (C=O) groups is 1. The molecule has 8 nitrogen and oxygen atoms in total. The molecule has 0 bridgehead atoms. The number of carbonyl (C=O) groups excluding carboxylic acids is 1. The topological polar surface area (TPSA) is 114 Å². The molecule has 0 radical (unpaired) electrons. The fraction of sp³-hybridized carbons (Fsp3) is 0.211. The normalized spacial score (nSPS) is 19.1. The highest BCUT2D eigenvalue weighted by molar-refractivity contribution is 7.90. The number of hydrogen-bond acceptors (Lipinski definition) is 8. The van der Waals surface area contributed by atoms with Crippen molar-refractivity contribution in [2.45, 2.75) is 10.0 Å². The Morgan fingerprint density at radius 1 is 1.06 bits per heavy atom. The lowest BCUT2D eigenvalue weighted by Crippen LogP contribution is -2.40. The van der Waals surface area contributed by atoms with Crippen LogP contribution in [0.1, 0.15) is 11.1 Å². The van der Waals surface area contributed by atoms with E-state index in [1.807, 2.05) is 0 Å². The van der Waals surface area contributed by atoms with Crippen LogP contribution in [0.3, 0.4) is 0 Å². The quantitative estimate of drug-likeness (QED) is 0.415. The zero-order chi connectivity index (χ0) is 23.0. The summed E-state index contributed by atoms with van der Waals surface area (Å²) in [6.07, 6.45) is 0. The number of Topliss-reactive ketones (excluding diaryl/α,β-unsaturated/α-hetero) is 1. The lowest BCUT2D eigenvalue weighted by atomic mass is 9.65. The molecule has 2 aromatic rings. The van der Waals surface area contributed by atoms with Crippen LogP contribution in [0.4, 0.5) is 0 Å². The minimum absolute atomic E-state index is 0.316. The lowest BCUT2D eigenvalue weighted by molar-refractivity contribution is -0.126. The van der Waals surface area contributed by atoms with Crippen LogP contribution < -0.4 is 15.2 Å². The molecule has 0 saturated carbocycles. The number of hydrogen-bond donors (Lipinski definition) is 1. The molecule has 12 heteroatoms. The van der Waals surface area contributed by atoms with Gasteiger partial charge in [-0.05, 0) is 17.7 Å². The molecule has 0 spiro atoms. The van der Waals surface area contributed by atoms with Gasteiger partial charge >= 0.3 is 10.1 Å². The maximum absolute atomic E-state index is 13.3. The molecule has 0 unspecified atom stereocenters. The van der Waals surface area contributed by atoms with Crippen molar-refractivity contribution >= 4 is 39.4 Å². The molecule has 1 atom stereocenters. The standard InChI is InChI=1S/C19H22B3NO7S/c1-27-12-8-9-13(14(10-12)28-2)18(20)16(24)15(17(23)29-18)30-31(25,26)19(21,22)11-6-4-3-5-7-11/h3-10H,20-23H2,1-2H3/t18-/m1/s1. The van der Waals surface area contributed by atoms with E-state index >= 15 is 0 Å². The molecule has 0 aromatic heterocycles. The molecular formula is C19H22B3NO7S. The van der Waals surface area contributed by atoms with E-state index < -0.39 is 37.6 Å². The smallest absolute Gasteiger partial charge is 0.304 e. The van der Waals surface area contributed by atoms with Crippen LogP contribution in [0.5, 0.6) is 11.5 Å². The number of benzene rings is 2. The third-order valence-corrected chi connectivity index (χ3v) is 7.26. The molecule has 160 valence electrons. The number of nitrogens with two attached hydrogens (primary N) is 1. The van der Waals surface area contributed by atoms with Crippen LogP contribution in [-0.4, -0.2) is 52.0 Å². The van der Waals surface area contributed by atoms with Crippen LogP contribution in [0.15, 0.2) is 60.2 Å². The Hall–Kier alpha value is -3.01. The summed E-state index contributed by atoms with van der Waals surface area (Å²) in [5, 5.41) is 0. The summed E-state index contributed by atoms with van der Waals surface area (Å²) in [5.74, 6) is -0.890. The van der Waals surface area contributed by atoms with Crippen molar-refractivity contribution in [2.24, 2.45) is 5.73 Å². The second-order valence-corrected chi connectivity index (χ2v) is 9.73. The van der Waals surface area contributed by atoms with E-state index in [1.165, 1.54) is 37.8 Å². The summed E-state index contributed by atoms with van der Waals surface area (Å²) in [4.78, 5) is 13.3. The molecular weight excluding hydrogens is 419 g/mol. The van der Waals surface area contributed by atoms with Gasteiger partial charge in [-0.15, -0.1) is 0 Å². The zero-order valence-corrected chi connectivity index (χ0v) is 18.8. The minimum atomic E-state index is -4.31. The van der Waals surface area contributed by atoms with Gasteiger partial charge < -0.3 is 24.1 Å². The second-order valence-electron chi connectivity index (χ2n) is 7.64. The highest BCUT2D eigenvalue weighted by Crippen LogP contribution is 2.42. The molecule has 0 aliphatic carbocycles. The predicted molar refractivity (Wildman–Crippen MR) is 122 cm³/mol. The zero-order valence-electron chi connectivity index (χ0n) is 18.0. The summed E-state index contributed by atoms with van der Waals surface area (Å²) in [5.41, 5.74) is 5.11. The molecule has 1 aliphatic rings. The molecule has 0 amide bonds. The van der Waals surface area contributed by atoms with E-state index in [0.717, 1.165) is 0 Å². The van der Waals surface area contributed by atoms with Crippen molar-refractivity contribution in [3.63, 3.8) is 0 Å². The first-order chi connectivity index (χ1) is 14.5. The number of ketones is 1. The van der Waals surface area contributed by atoms with Crippen LogP contribution in [-0.2, 0) is 33.9 Å². The summed E-state index contributed by atoms with van der Waals surface area (Å²) in [6.45, 7) is 0. The fourth-order valence-electron chi connectivity index (χ4n) is 3.29. The van der Waals surface area contributed by atoms with E-state index in [-0.39, 0.29) is 0 Å². The van der Waals surface area contributed by atoms with Gasteiger partial charge in [-0.1, -0.05) is 30.3 Å². The van der Waals surface area contributed by atoms with Gasteiger partial charge in [0.15, 0.2) is 13.3 Å². The molecule has 1 heterocycles. The Balaban J connectivity index is 1.97. The Kier molecular flexibility index (Phi) is 5.79. The highest BCUT2D eigenvalue weighted by Gasteiger charge is 2.52. The van der Waals surface area contributed by atoms with E-state index in [9.17, 15) is 13.2 Å². The first kappa shape index (κ1) is 22.7. The Morgan fingerprint density at radius 2 is 1.71 bits per heavy atom. The molecule has 1 aliphatic heterocycles. The molecule has 2 N–H and O–H groups in total. The largest absolute Gasteiger partial charge is 0.497 e. The van der Waals surface area contributed by atoms with Crippen LogP contribution in [0.25, 0.3) is 0 Å². The van der Waals surface area contributed by atoms with Crippen molar-refractivity contribution in [2.75, 3.05) is 14.2 Å². The lowest BCUT2D eigenvalue weighted by Gasteiger charge is -2.26. The minimum Gasteiger partial charge on any atom is -0.497 e. The van der Waals surface area contributed by atoms with Crippen molar-refractivity contribution in [3.8, 4) is 11.5 Å². The first-order valence-electron chi connectivity index (χ1n) is 9.43. The number of ether oxygens (including phenoxy) is 3. The Bertz CT molecular complexity index is 1150. The van der Waals surface area contributed by atoms with E-state index in [4.69, 9.17) is 24.1 Å². The van der Waals surface area contributed by atoms with Gasteiger partial charge in [0, 0.05) is 11.6 Å². The summed E-state index contributed by atoms with van der Waals surface area (Å²) in [7, 11) is 3.06. The molecule has 31 heavy (non-hydrogen) atoms. The first-order valence-corrected chi connectivity index (χ1v) is 10.8. The van der Waals surface area contributed by atoms with Gasteiger partial charge in [0.2, 0.25) is 17.4 Å². The van der Waals surface area contributed by atoms with Gasteiger partial charge in [-0.3, -0.25) is 4.79 Å². The predicted octanol–water partition coefficient (Wildman–Crippen LogP) is -1.36. The van der Waals surface area contributed by atoms with Crippen LogP contribution >= 0.6 is 0 Å². The van der Waals surface area contributed by atoms with E-state index in [0.29, 0.717) is 22.6 Å². The number of rotatable bonds is 7. The second kappa shape index (κ2) is 7.92. The van der Waals surface area contributed by atoms with E-state index in [2.05, 4.69) is 0 Å². The average molecular weight is 441 g/mol. The van der Waals surface area contributed by atoms with Crippen molar-refractivity contribution in [1.82, 2.24) is 0 Å². The van der Waals surface area contributed by atoms with Gasteiger partial charge in [-0.2, -0.15) is 8.42 Å². The summed E-state index contributed by atoms with van der Waals surface area (Å²) >= 11 is 0. The number of methoxy groups -OCH3 is 2. The van der Waals surface area contributed by atoms with Crippen molar-refractivity contribution in [3.05, 3.63) is 71.3 Å². The van der Waals surface area contributed by atoms with Gasteiger partial charge in [-0.25, -0.2) is 0 Å². The van der Waals surface area contributed by atoms with Crippen molar-refractivity contribution < 1.29 is 31.6 Å². The average Bonchev–Trinajstić information content (AvgIpc) is 2.97. The van der Waals surface area contributed by atoms with Gasteiger partial charge in [0.05, 0.1) is 18.8 Å². The van der Waals surface area contributed by atoms with E-state index in [1.54, 1.807) is 48.5 Å². The molecule has 0 saturated heterocycles. The van der Waals surface area contributed by atoms with Crippen molar-refractivity contribution in [1.29, 1.82) is 0 Å².